The van der Waals surface area contributed by atoms with Gasteiger partial charge in [0.25, 0.3) is 0 Å². The van der Waals surface area contributed by atoms with Crippen LogP contribution in [0.25, 0.3) is 0 Å². The van der Waals surface area contributed by atoms with E-state index in [1.165, 1.54) is 0 Å². The Bertz CT molecular complexity index is 1050. The van der Waals surface area contributed by atoms with Crippen molar-refractivity contribution >= 4 is 11.5 Å². The average Bonchev–Trinajstić information content (AvgIpc) is 3.22. The molecule has 0 bridgehead atoms. The highest BCUT2D eigenvalue weighted by Crippen LogP contribution is 2.51. The van der Waals surface area contributed by atoms with Crippen molar-refractivity contribution in [3.8, 4) is 28.7 Å². The van der Waals surface area contributed by atoms with Crippen molar-refractivity contribution in [2.45, 2.75) is 25.2 Å². The summed E-state index contributed by atoms with van der Waals surface area (Å²) in [6.45, 7) is 0.194. The number of ketones is 1. The second-order valence-electron chi connectivity index (χ2n) is 7.48. The molecule has 156 valence electrons. The largest absolute Gasteiger partial charge is 0.493 e. The molecule has 0 radical (unpaired) electrons. The van der Waals surface area contributed by atoms with Crippen molar-refractivity contribution in [2.75, 3.05) is 33.4 Å². The lowest BCUT2D eigenvalue weighted by atomic mass is 9.75. The lowest BCUT2D eigenvalue weighted by molar-refractivity contribution is -0.116. The van der Waals surface area contributed by atoms with Crippen molar-refractivity contribution < 1.29 is 28.5 Å². The van der Waals surface area contributed by atoms with Gasteiger partial charge in [-0.15, -0.1) is 0 Å². The van der Waals surface area contributed by atoms with E-state index in [4.69, 9.17) is 23.7 Å². The quantitative estimate of drug-likeness (QED) is 0.818. The van der Waals surface area contributed by atoms with Crippen LogP contribution < -0.4 is 29.0 Å². The summed E-state index contributed by atoms with van der Waals surface area (Å²) in [5.41, 5.74) is 4.54. The maximum Gasteiger partial charge on any atom is 0.231 e. The zero-order valence-electron chi connectivity index (χ0n) is 17.2. The van der Waals surface area contributed by atoms with Crippen LogP contribution in [0.3, 0.4) is 0 Å². The zero-order chi connectivity index (χ0) is 20.8. The van der Waals surface area contributed by atoms with Gasteiger partial charge >= 0.3 is 0 Å². The van der Waals surface area contributed by atoms with Gasteiger partial charge in [0.2, 0.25) is 12.5 Å². The molecule has 0 spiro atoms. The molecule has 1 aliphatic carbocycles. The van der Waals surface area contributed by atoms with Crippen LogP contribution in [0.5, 0.6) is 28.7 Å². The minimum Gasteiger partial charge on any atom is -0.493 e. The molecule has 0 amide bonds. The summed E-state index contributed by atoms with van der Waals surface area (Å²) in [6.07, 6.45) is 2.21. The summed E-state index contributed by atoms with van der Waals surface area (Å²) >= 11 is 0. The molecule has 2 aromatic carbocycles. The smallest absolute Gasteiger partial charge is 0.231 e. The molecule has 0 saturated heterocycles. The Morgan fingerprint density at radius 1 is 0.933 bits per heavy atom. The van der Waals surface area contributed by atoms with Crippen LogP contribution in [0.4, 0.5) is 5.69 Å². The van der Waals surface area contributed by atoms with Gasteiger partial charge in [-0.05, 0) is 42.2 Å². The van der Waals surface area contributed by atoms with Crippen molar-refractivity contribution in [2.24, 2.45) is 0 Å². The molecule has 0 unspecified atom stereocenters. The number of rotatable bonds is 4. The highest BCUT2D eigenvalue weighted by molar-refractivity contribution is 6.01. The molecule has 0 fully saturated rings. The summed E-state index contributed by atoms with van der Waals surface area (Å²) in [5, 5.41) is 3.47. The normalized spacial score (nSPS) is 19.0. The summed E-state index contributed by atoms with van der Waals surface area (Å²) in [7, 11) is 4.75. The summed E-state index contributed by atoms with van der Waals surface area (Å²) < 4.78 is 27.8. The fourth-order valence-electron chi connectivity index (χ4n) is 4.57. The fraction of sp³-hybridized carbons (Fsp3) is 0.348. The number of fused-ring (bicyclic) bond motifs is 2. The third kappa shape index (κ3) is 2.76. The lowest BCUT2D eigenvalue weighted by Crippen LogP contribution is -2.27. The minimum atomic E-state index is -0.271. The second-order valence-corrected chi connectivity index (χ2v) is 7.48. The fourth-order valence-corrected chi connectivity index (χ4v) is 4.57. The van der Waals surface area contributed by atoms with Crippen molar-refractivity contribution in [3.05, 3.63) is 46.7 Å². The van der Waals surface area contributed by atoms with E-state index in [1.807, 2.05) is 24.3 Å². The number of allylic oxidation sites excluding steroid dienone is 2. The number of methoxy groups -OCH3 is 3. The maximum atomic E-state index is 13.0. The summed E-state index contributed by atoms with van der Waals surface area (Å²) in [6, 6.07) is 7.74. The van der Waals surface area contributed by atoms with E-state index in [1.54, 1.807) is 21.3 Å². The number of anilines is 1. The van der Waals surface area contributed by atoms with E-state index in [0.29, 0.717) is 35.2 Å². The standard InChI is InChI=1S/C23H23NO6/c1-26-19-7-12(8-20(27-2)23(19)28-3)21-13-9-17-18(30-11-29-17)10-15(13)24-14-5-4-6-16(25)22(14)21/h7-10,21,24H,4-6,11H2,1-3H3/t21-/m1/s1. The van der Waals surface area contributed by atoms with Gasteiger partial charge in [0.15, 0.2) is 28.8 Å². The second kappa shape index (κ2) is 7.16. The van der Waals surface area contributed by atoms with E-state index >= 15 is 0 Å². The van der Waals surface area contributed by atoms with Gasteiger partial charge in [-0.25, -0.2) is 0 Å². The van der Waals surface area contributed by atoms with Crippen molar-refractivity contribution in [3.63, 3.8) is 0 Å². The molecule has 0 saturated carbocycles. The number of carbonyl (C=O) groups is 1. The number of hydrogen-bond donors (Lipinski definition) is 1. The van der Waals surface area contributed by atoms with Crippen LogP contribution in [0.1, 0.15) is 36.3 Å². The SMILES string of the molecule is COc1cc([C@H]2C3=C(CCCC3=O)Nc3cc4c(cc32)OCO4)cc(OC)c1OC. The molecule has 7 nitrogen and oxygen atoms in total. The van der Waals surface area contributed by atoms with E-state index in [-0.39, 0.29) is 18.5 Å². The topological polar surface area (TPSA) is 75.3 Å². The molecule has 0 aromatic heterocycles. The molecule has 30 heavy (non-hydrogen) atoms. The van der Waals surface area contributed by atoms with E-state index in [9.17, 15) is 4.79 Å². The van der Waals surface area contributed by atoms with Crippen LogP contribution in [0.2, 0.25) is 0 Å². The highest BCUT2D eigenvalue weighted by Gasteiger charge is 2.37. The maximum absolute atomic E-state index is 13.0. The average molecular weight is 409 g/mol. The zero-order valence-corrected chi connectivity index (χ0v) is 17.2. The molecule has 3 aliphatic rings. The minimum absolute atomic E-state index is 0.158. The van der Waals surface area contributed by atoms with E-state index in [0.717, 1.165) is 40.9 Å². The van der Waals surface area contributed by atoms with Crippen molar-refractivity contribution in [1.29, 1.82) is 0 Å². The first-order valence-electron chi connectivity index (χ1n) is 9.91. The Morgan fingerprint density at radius 3 is 2.30 bits per heavy atom. The van der Waals surface area contributed by atoms with E-state index in [2.05, 4.69) is 5.32 Å². The monoisotopic (exact) mass is 409 g/mol. The molecule has 2 aliphatic heterocycles. The van der Waals surface area contributed by atoms with Crippen LogP contribution in [0.15, 0.2) is 35.5 Å². The number of carbonyl (C=O) groups excluding carboxylic acids is 1. The number of nitrogens with one attached hydrogen (secondary N) is 1. The Labute approximate surface area is 174 Å². The first-order chi connectivity index (χ1) is 14.6. The molecule has 2 heterocycles. The molecular formula is C23H23NO6. The van der Waals surface area contributed by atoms with Gasteiger partial charge in [-0.3, -0.25) is 4.79 Å². The van der Waals surface area contributed by atoms with Gasteiger partial charge in [0, 0.05) is 35.4 Å². The summed E-state index contributed by atoms with van der Waals surface area (Å²) in [5.74, 6) is 2.90. The molecule has 1 N–H and O–H groups in total. The van der Waals surface area contributed by atoms with Crippen molar-refractivity contribution in [1.82, 2.24) is 0 Å². The first-order valence-corrected chi connectivity index (χ1v) is 9.91. The van der Waals surface area contributed by atoms with Gasteiger partial charge in [-0.2, -0.15) is 0 Å². The third-order valence-electron chi connectivity index (χ3n) is 5.91. The van der Waals surface area contributed by atoms with Gasteiger partial charge in [0.05, 0.1) is 21.3 Å². The molecule has 5 rings (SSSR count). The predicted molar refractivity (Wildman–Crippen MR) is 110 cm³/mol. The Morgan fingerprint density at radius 2 is 1.63 bits per heavy atom. The number of hydrogen-bond acceptors (Lipinski definition) is 7. The Balaban J connectivity index is 1.75. The molecule has 2 aromatic rings. The number of ether oxygens (including phenoxy) is 5. The van der Waals surface area contributed by atoms with Gasteiger partial charge < -0.3 is 29.0 Å². The van der Waals surface area contributed by atoms with Crippen LogP contribution in [-0.2, 0) is 4.79 Å². The first kappa shape index (κ1) is 18.7. The number of Topliss-reactive ketones (excluding diaryl/α,β-unsaturated/α-hetero) is 1. The van der Waals surface area contributed by atoms with Gasteiger partial charge in [0.1, 0.15) is 0 Å². The predicted octanol–water partition coefficient (Wildman–Crippen LogP) is 4.01. The van der Waals surface area contributed by atoms with Crippen LogP contribution in [-0.4, -0.2) is 33.9 Å². The molecule has 1 atom stereocenters. The van der Waals surface area contributed by atoms with Crippen LogP contribution in [0, 0.1) is 0 Å². The Kier molecular flexibility index (Phi) is 4.46. The third-order valence-corrected chi connectivity index (χ3v) is 5.91. The van der Waals surface area contributed by atoms with Crippen LogP contribution >= 0.6 is 0 Å². The molecular weight excluding hydrogens is 386 g/mol. The molecule has 7 heteroatoms. The number of benzene rings is 2. The summed E-state index contributed by atoms with van der Waals surface area (Å²) in [4.78, 5) is 13.0. The van der Waals surface area contributed by atoms with E-state index < -0.39 is 0 Å². The lowest BCUT2D eigenvalue weighted by Gasteiger charge is -2.34. The Hall–Kier alpha value is -3.35. The highest BCUT2D eigenvalue weighted by atomic mass is 16.7. The van der Waals surface area contributed by atoms with Gasteiger partial charge in [-0.1, -0.05) is 0 Å².